The van der Waals surface area contributed by atoms with Gasteiger partial charge in [-0.3, -0.25) is 4.79 Å². The Bertz CT molecular complexity index is 511. The van der Waals surface area contributed by atoms with Crippen LogP contribution in [-0.4, -0.2) is 25.2 Å². The maximum Gasteiger partial charge on any atom is 0.193 e. The zero-order valence-electron chi connectivity index (χ0n) is 8.87. The summed E-state index contributed by atoms with van der Waals surface area (Å²) < 4.78 is 22.2. The first-order valence-corrected chi connectivity index (χ1v) is 8.14. The molecule has 0 fully saturated rings. The van der Waals surface area contributed by atoms with Gasteiger partial charge in [0.1, 0.15) is 4.75 Å². The molecule has 0 spiro atoms. The average molecular weight is 346 g/mol. The molecule has 0 saturated heterocycles. The number of rotatable bonds is 3. The van der Waals surface area contributed by atoms with Crippen LogP contribution in [0.15, 0.2) is 9.85 Å². The molecule has 0 bridgehead atoms. The highest BCUT2D eigenvalue weighted by Crippen LogP contribution is 2.35. The molecule has 0 unspecified atom stereocenters. The average Bonchev–Trinajstić information content (AvgIpc) is 2.43. The van der Waals surface area contributed by atoms with E-state index in [2.05, 4.69) is 15.9 Å². The Morgan fingerprint density at radius 2 is 2.00 bits per heavy atom. The van der Waals surface area contributed by atoms with Gasteiger partial charge in [0, 0.05) is 6.26 Å². The van der Waals surface area contributed by atoms with Crippen LogP contribution in [0, 0.1) is 0 Å². The van der Waals surface area contributed by atoms with E-state index in [0.717, 1.165) is 17.6 Å². The van der Waals surface area contributed by atoms with Crippen molar-refractivity contribution < 1.29 is 13.2 Å². The molecule has 0 atom stereocenters. The maximum atomic E-state index is 12.0. The highest BCUT2D eigenvalue weighted by atomic mass is 79.9. The molecule has 0 aliphatic carbocycles. The second-order valence-electron chi connectivity index (χ2n) is 3.84. The van der Waals surface area contributed by atoms with Crippen molar-refractivity contribution in [3.63, 3.8) is 0 Å². The van der Waals surface area contributed by atoms with Crippen LogP contribution in [0.4, 0.5) is 0 Å². The number of hydrogen-bond donors (Lipinski definition) is 0. The SMILES string of the molecule is CC(C)(C(=O)c1cc(Cl)c(Br)s1)S(C)(=O)=O. The monoisotopic (exact) mass is 344 g/mol. The summed E-state index contributed by atoms with van der Waals surface area (Å²) in [5, 5.41) is 0.414. The Kier molecular flexibility index (Phi) is 3.89. The van der Waals surface area contributed by atoms with Crippen LogP contribution >= 0.6 is 38.9 Å². The van der Waals surface area contributed by atoms with Gasteiger partial charge in [0.15, 0.2) is 15.6 Å². The third-order valence-electron chi connectivity index (χ3n) is 2.34. The summed E-state index contributed by atoms with van der Waals surface area (Å²) in [5.41, 5.74) is 0. The fourth-order valence-electron chi connectivity index (χ4n) is 0.924. The van der Waals surface area contributed by atoms with Gasteiger partial charge in [0.05, 0.1) is 13.7 Å². The van der Waals surface area contributed by atoms with Gasteiger partial charge >= 0.3 is 0 Å². The first-order chi connectivity index (χ1) is 7.07. The highest BCUT2D eigenvalue weighted by Gasteiger charge is 2.39. The van der Waals surface area contributed by atoms with E-state index in [1.54, 1.807) is 0 Å². The van der Waals surface area contributed by atoms with E-state index in [9.17, 15) is 13.2 Å². The number of ketones is 1. The normalized spacial score (nSPS) is 12.8. The molecule has 0 aliphatic rings. The van der Waals surface area contributed by atoms with E-state index in [1.165, 1.54) is 19.9 Å². The minimum Gasteiger partial charge on any atom is -0.292 e. The fourth-order valence-corrected chi connectivity index (χ4v) is 3.24. The molecule has 7 heteroatoms. The van der Waals surface area contributed by atoms with Gasteiger partial charge in [-0.25, -0.2) is 8.42 Å². The summed E-state index contributed by atoms with van der Waals surface area (Å²) in [4.78, 5) is 12.4. The number of carbonyl (C=O) groups is 1. The van der Waals surface area contributed by atoms with Gasteiger partial charge in [-0.05, 0) is 35.8 Å². The summed E-state index contributed by atoms with van der Waals surface area (Å²) in [5.74, 6) is -0.437. The van der Waals surface area contributed by atoms with Gasteiger partial charge in [0.2, 0.25) is 0 Å². The van der Waals surface area contributed by atoms with Gasteiger partial charge in [-0.1, -0.05) is 11.6 Å². The van der Waals surface area contributed by atoms with Gasteiger partial charge < -0.3 is 0 Å². The summed E-state index contributed by atoms with van der Waals surface area (Å²) in [6.07, 6.45) is 1.05. The molecule has 1 heterocycles. The van der Waals surface area contributed by atoms with Gasteiger partial charge in [-0.15, -0.1) is 11.3 Å². The zero-order valence-corrected chi connectivity index (χ0v) is 12.8. The predicted molar refractivity (Wildman–Crippen MR) is 70.3 cm³/mol. The zero-order chi connectivity index (χ0) is 12.7. The Hall–Kier alpha value is 0.0900. The van der Waals surface area contributed by atoms with Crippen LogP contribution in [0.25, 0.3) is 0 Å². The largest absolute Gasteiger partial charge is 0.292 e. The Morgan fingerprint density at radius 1 is 1.50 bits per heavy atom. The molecule has 0 amide bonds. The van der Waals surface area contributed by atoms with E-state index >= 15 is 0 Å². The van der Waals surface area contributed by atoms with E-state index in [0.29, 0.717) is 13.7 Å². The van der Waals surface area contributed by atoms with Crippen molar-refractivity contribution in [1.82, 2.24) is 0 Å². The van der Waals surface area contributed by atoms with Crippen LogP contribution in [0.5, 0.6) is 0 Å². The molecule has 0 aliphatic heterocycles. The molecular weight excluding hydrogens is 336 g/mol. The molecule has 0 aromatic carbocycles. The minimum atomic E-state index is -3.45. The summed E-state index contributed by atoms with van der Waals surface area (Å²) in [6.45, 7) is 2.79. The van der Waals surface area contributed by atoms with Crippen molar-refractivity contribution in [2.24, 2.45) is 0 Å². The molecule has 0 radical (unpaired) electrons. The molecule has 3 nitrogen and oxygen atoms in total. The summed E-state index contributed by atoms with van der Waals surface area (Å²) >= 11 is 10.1. The van der Waals surface area contributed by atoms with E-state index in [-0.39, 0.29) is 0 Å². The predicted octanol–water partition coefficient (Wildman–Crippen LogP) is 3.17. The van der Waals surface area contributed by atoms with Crippen LogP contribution in [0.1, 0.15) is 23.5 Å². The number of halogens is 2. The number of Topliss-reactive ketones (excluding diaryl/α,β-unsaturated/α-hetero) is 1. The smallest absolute Gasteiger partial charge is 0.193 e. The summed E-state index contributed by atoms with van der Waals surface area (Å²) in [6, 6.07) is 1.48. The number of thiophene rings is 1. The minimum absolute atomic E-state index is 0.340. The van der Waals surface area contributed by atoms with Crippen molar-refractivity contribution in [3.05, 3.63) is 19.8 Å². The third kappa shape index (κ3) is 2.50. The van der Waals surface area contributed by atoms with Crippen molar-refractivity contribution in [1.29, 1.82) is 0 Å². The van der Waals surface area contributed by atoms with Crippen molar-refractivity contribution in [3.8, 4) is 0 Å². The Balaban J connectivity index is 3.23. The van der Waals surface area contributed by atoms with Gasteiger partial charge in [-0.2, -0.15) is 0 Å². The van der Waals surface area contributed by atoms with E-state index in [4.69, 9.17) is 11.6 Å². The number of hydrogen-bond acceptors (Lipinski definition) is 4. The van der Waals surface area contributed by atoms with Crippen molar-refractivity contribution in [2.75, 3.05) is 6.26 Å². The van der Waals surface area contributed by atoms with Crippen molar-refractivity contribution >= 4 is 54.5 Å². The second-order valence-corrected chi connectivity index (χ2v) is 9.19. The highest BCUT2D eigenvalue weighted by molar-refractivity contribution is 9.11. The lowest BCUT2D eigenvalue weighted by atomic mass is 10.1. The van der Waals surface area contributed by atoms with Crippen LogP contribution in [0.3, 0.4) is 0 Å². The molecule has 0 saturated carbocycles. The standard InChI is InChI=1S/C9H10BrClO3S2/c1-9(2,16(3,13)14)7(12)6-4-5(11)8(10)15-6/h4H,1-3H3. The number of sulfone groups is 1. The lowest BCUT2D eigenvalue weighted by molar-refractivity contribution is 0.0958. The molecule has 90 valence electrons. The maximum absolute atomic E-state index is 12.0. The lowest BCUT2D eigenvalue weighted by Crippen LogP contribution is -2.39. The molecule has 0 N–H and O–H groups in total. The fraction of sp³-hybridized carbons (Fsp3) is 0.444. The van der Waals surface area contributed by atoms with Crippen LogP contribution < -0.4 is 0 Å². The van der Waals surface area contributed by atoms with Crippen LogP contribution in [0.2, 0.25) is 5.02 Å². The lowest BCUT2D eigenvalue weighted by Gasteiger charge is -2.19. The first kappa shape index (κ1) is 14.2. The second kappa shape index (κ2) is 4.40. The molecule has 1 aromatic heterocycles. The molecular formula is C9H10BrClO3S2. The van der Waals surface area contributed by atoms with E-state index in [1.807, 2.05) is 0 Å². The Labute approximate surface area is 112 Å². The quantitative estimate of drug-likeness (QED) is 0.791. The molecule has 1 aromatic rings. The van der Waals surface area contributed by atoms with Crippen LogP contribution in [-0.2, 0) is 9.84 Å². The summed E-state index contributed by atoms with van der Waals surface area (Å²) in [7, 11) is -3.45. The molecule has 16 heavy (non-hydrogen) atoms. The number of carbonyl (C=O) groups excluding carboxylic acids is 1. The Morgan fingerprint density at radius 3 is 2.31 bits per heavy atom. The first-order valence-electron chi connectivity index (χ1n) is 4.26. The van der Waals surface area contributed by atoms with Crippen molar-refractivity contribution in [2.45, 2.75) is 18.6 Å². The third-order valence-corrected chi connectivity index (χ3v) is 6.86. The molecule has 1 rings (SSSR count). The van der Waals surface area contributed by atoms with Gasteiger partial charge in [0.25, 0.3) is 0 Å². The van der Waals surface area contributed by atoms with E-state index < -0.39 is 20.4 Å². The topological polar surface area (TPSA) is 51.2 Å².